The van der Waals surface area contributed by atoms with Crippen molar-refractivity contribution in [1.29, 1.82) is 0 Å². The number of rotatable bonds is 14. The average molecular weight is 689 g/mol. The lowest BCUT2D eigenvalue weighted by atomic mass is 9.82. The minimum atomic E-state index is -1.12. The van der Waals surface area contributed by atoms with Crippen LogP contribution in [0.25, 0.3) is 0 Å². The minimum Gasteiger partial charge on any atom is -0.453 e. The van der Waals surface area contributed by atoms with Crippen molar-refractivity contribution in [3.05, 3.63) is 102 Å². The number of hydrogen-bond donors (Lipinski definition) is 5. The summed E-state index contributed by atoms with van der Waals surface area (Å²) in [7, 11) is 1.28. The number of para-hydroxylation sites is 1. The number of alkyl carbamates (subject to hydrolysis) is 1. The van der Waals surface area contributed by atoms with Crippen LogP contribution in [0, 0.1) is 5.41 Å². The summed E-state index contributed by atoms with van der Waals surface area (Å²) in [4.78, 5) is 26.6. The van der Waals surface area contributed by atoms with E-state index < -0.39 is 24.5 Å². The molecule has 12 heteroatoms. The van der Waals surface area contributed by atoms with Gasteiger partial charge >= 0.3 is 6.09 Å². The van der Waals surface area contributed by atoms with Gasteiger partial charge in [0.25, 0.3) is 0 Å². The molecule has 0 spiro atoms. The molecule has 0 bridgehead atoms. The van der Waals surface area contributed by atoms with E-state index in [-0.39, 0.29) is 42.4 Å². The minimum absolute atomic E-state index is 0.0396. The highest BCUT2D eigenvalue weighted by molar-refractivity contribution is 5.98. The van der Waals surface area contributed by atoms with Crippen LogP contribution in [0.2, 0.25) is 0 Å². The molecule has 3 fully saturated rings. The molecule has 5 N–H and O–H groups in total. The Labute approximate surface area is 293 Å². The van der Waals surface area contributed by atoms with Gasteiger partial charge in [-0.15, -0.1) is 0 Å². The van der Waals surface area contributed by atoms with Gasteiger partial charge in [-0.1, -0.05) is 85.8 Å². The summed E-state index contributed by atoms with van der Waals surface area (Å²) in [6.45, 7) is 4.58. The molecule has 0 aromatic heterocycles. The third-order valence-corrected chi connectivity index (χ3v) is 10.0. The molecule has 3 saturated heterocycles. The molecule has 0 saturated carbocycles. The Morgan fingerprint density at radius 1 is 0.960 bits per heavy atom. The molecule has 0 aliphatic carbocycles. The van der Waals surface area contributed by atoms with E-state index in [1.165, 1.54) is 7.11 Å². The van der Waals surface area contributed by atoms with Crippen LogP contribution in [0.3, 0.4) is 0 Å². The smallest absolute Gasteiger partial charge is 0.407 e. The van der Waals surface area contributed by atoms with E-state index in [1.54, 1.807) is 0 Å². The monoisotopic (exact) mass is 688 g/mol. The zero-order valence-corrected chi connectivity index (χ0v) is 28.6. The van der Waals surface area contributed by atoms with Crippen LogP contribution in [0.5, 0.6) is 0 Å². The Hall–Kier alpha value is -3.88. The number of benzene rings is 3. The van der Waals surface area contributed by atoms with Crippen molar-refractivity contribution in [3.63, 3.8) is 0 Å². The summed E-state index contributed by atoms with van der Waals surface area (Å²) < 4.78 is 28.2. The summed E-state index contributed by atoms with van der Waals surface area (Å²) in [6, 6.07) is 25.9. The highest BCUT2D eigenvalue weighted by Gasteiger charge is 2.52. The van der Waals surface area contributed by atoms with E-state index >= 15 is 0 Å². The zero-order chi connectivity index (χ0) is 34.9. The lowest BCUT2D eigenvalue weighted by molar-refractivity contribution is -0.144. The summed E-state index contributed by atoms with van der Waals surface area (Å²) in [6.07, 6.45) is 0.159. The fraction of sp³-hybridized carbons (Fsp3) is 0.474. The van der Waals surface area contributed by atoms with Crippen LogP contribution >= 0.6 is 0 Å². The first-order valence-electron chi connectivity index (χ1n) is 17.3. The number of anilines is 1. The molecule has 2 amide bonds. The fourth-order valence-corrected chi connectivity index (χ4v) is 7.04. The number of aliphatic hydroxyl groups excluding tert-OH is 1. The predicted molar refractivity (Wildman–Crippen MR) is 186 cm³/mol. The summed E-state index contributed by atoms with van der Waals surface area (Å²) in [5, 5.41) is 23.0. The van der Waals surface area contributed by atoms with Crippen LogP contribution in [-0.2, 0) is 34.9 Å². The molecule has 3 heterocycles. The topological polar surface area (TPSA) is 149 Å². The first-order chi connectivity index (χ1) is 24.3. The average Bonchev–Trinajstić information content (AvgIpc) is 3.67. The van der Waals surface area contributed by atoms with Gasteiger partial charge in [0.05, 0.1) is 45.7 Å². The van der Waals surface area contributed by atoms with Gasteiger partial charge in [-0.2, -0.15) is 0 Å². The van der Waals surface area contributed by atoms with E-state index in [1.807, 2.05) is 84.9 Å². The Morgan fingerprint density at radius 3 is 2.34 bits per heavy atom. The van der Waals surface area contributed by atoms with E-state index in [0.29, 0.717) is 38.5 Å². The second-order valence-corrected chi connectivity index (χ2v) is 13.4. The van der Waals surface area contributed by atoms with Gasteiger partial charge < -0.3 is 44.7 Å². The fourth-order valence-electron chi connectivity index (χ4n) is 7.04. The second-order valence-electron chi connectivity index (χ2n) is 13.4. The molecular weight excluding hydrogens is 640 g/mol. The molecular formula is C38H48N4O8. The lowest BCUT2D eigenvalue weighted by Gasteiger charge is -2.32. The molecule has 3 aliphatic rings. The number of amides is 2. The van der Waals surface area contributed by atoms with Crippen LogP contribution in [-0.4, -0.2) is 94.1 Å². The zero-order valence-electron chi connectivity index (χ0n) is 28.6. The number of methoxy groups -OCH3 is 1. The van der Waals surface area contributed by atoms with Crippen molar-refractivity contribution in [3.8, 4) is 0 Å². The van der Waals surface area contributed by atoms with E-state index in [9.17, 15) is 14.7 Å². The molecule has 3 aliphatic heterocycles. The first kappa shape index (κ1) is 35.9. The summed E-state index contributed by atoms with van der Waals surface area (Å²) >= 11 is 0. The lowest BCUT2D eigenvalue weighted by Crippen LogP contribution is -2.52. The van der Waals surface area contributed by atoms with Crippen LogP contribution in [0.15, 0.2) is 84.9 Å². The van der Waals surface area contributed by atoms with Crippen molar-refractivity contribution in [2.45, 2.75) is 69.0 Å². The molecule has 12 nitrogen and oxygen atoms in total. The van der Waals surface area contributed by atoms with Crippen molar-refractivity contribution >= 4 is 17.7 Å². The van der Waals surface area contributed by atoms with Crippen LogP contribution in [0.4, 0.5) is 10.5 Å². The normalized spacial score (nSPS) is 25.8. The molecule has 50 heavy (non-hydrogen) atoms. The number of nitrogens with one attached hydrogen (secondary N) is 4. The maximum Gasteiger partial charge on any atom is 0.407 e. The van der Waals surface area contributed by atoms with E-state index in [0.717, 1.165) is 29.5 Å². The standard InChI is InChI=1S/C38H48N4O8/c1-38-19-20-47-35(38)49-24-31(38)41-37(45)50-23-28-22-48-29(21-39-28)18-17-25-11-9-10-16-30(25)40-34(43)33(42-36(44)46-2)32(26-12-5-3-6-13-26)27-14-7-4-8-15-27/h3-16,28-29,31-33,35,37,39,41,45H,17-24H2,1-2H3,(H,40,43)(H,42,44)/t28-,29+,31-,33-,35+,37?,38-/m0/s1. The number of ether oxygens (including phenoxy) is 5. The number of aliphatic hydroxyl groups is 1. The summed E-state index contributed by atoms with van der Waals surface area (Å²) in [5.41, 5.74) is 3.21. The molecule has 1 unspecified atom stereocenters. The Kier molecular flexibility index (Phi) is 12.1. The van der Waals surface area contributed by atoms with Crippen molar-refractivity contribution in [1.82, 2.24) is 16.0 Å². The third kappa shape index (κ3) is 8.70. The maximum absolute atomic E-state index is 14.1. The number of carbonyl (C=O) groups excluding carboxylic acids is 2. The first-order valence-corrected chi connectivity index (χ1v) is 17.3. The third-order valence-electron chi connectivity index (χ3n) is 10.0. The second kappa shape index (κ2) is 16.9. The predicted octanol–water partition coefficient (Wildman–Crippen LogP) is 3.51. The van der Waals surface area contributed by atoms with Gasteiger partial charge in [0.2, 0.25) is 12.3 Å². The molecule has 3 aromatic rings. The van der Waals surface area contributed by atoms with Crippen molar-refractivity contribution in [2.75, 3.05) is 45.4 Å². The van der Waals surface area contributed by atoms with E-state index in [4.69, 9.17) is 23.7 Å². The van der Waals surface area contributed by atoms with Gasteiger partial charge in [-0.05, 0) is 42.0 Å². The van der Waals surface area contributed by atoms with Gasteiger partial charge in [0.15, 0.2) is 6.29 Å². The molecule has 7 atom stereocenters. The number of carbonyl (C=O) groups is 2. The molecule has 0 radical (unpaired) electrons. The Balaban J connectivity index is 1.02. The van der Waals surface area contributed by atoms with Crippen molar-refractivity contribution in [2.24, 2.45) is 5.41 Å². The Bertz CT molecular complexity index is 1500. The van der Waals surface area contributed by atoms with Gasteiger partial charge in [-0.3, -0.25) is 10.1 Å². The van der Waals surface area contributed by atoms with Crippen LogP contribution in [0.1, 0.15) is 42.4 Å². The quantitative estimate of drug-likeness (QED) is 0.160. The van der Waals surface area contributed by atoms with Gasteiger partial charge in [0.1, 0.15) is 6.04 Å². The number of hydrogen-bond acceptors (Lipinski definition) is 10. The van der Waals surface area contributed by atoms with Gasteiger partial charge in [-0.25, -0.2) is 4.79 Å². The molecule has 6 rings (SSSR count). The van der Waals surface area contributed by atoms with E-state index in [2.05, 4.69) is 28.2 Å². The molecule has 3 aromatic carbocycles. The van der Waals surface area contributed by atoms with Crippen LogP contribution < -0.4 is 21.3 Å². The van der Waals surface area contributed by atoms with Crippen molar-refractivity contribution < 1.29 is 38.4 Å². The maximum atomic E-state index is 14.1. The largest absolute Gasteiger partial charge is 0.453 e. The number of fused-ring (bicyclic) bond motifs is 1. The number of aryl methyl sites for hydroxylation is 1. The highest BCUT2D eigenvalue weighted by atomic mass is 16.7. The molecule has 268 valence electrons. The van der Waals surface area contributed by atoms with Gasteiger partial charge in [0, 0.05) is 29.6 Å². The highest BCUT2D eigenvalue weighted by Crippen LogP contribution is 2.43. The SMILES string of the molecule is COC(=O)N[C@H](C(=O)Nc1ccccc1CC[C@@H]1CN[C@H](COC(O)N[C@H]2CO[C@H]3OCC[C@]32C)CO1)C(c1ccccc1)c1ccccc1. The Morgan fingerprint density at radius 2 is 1.66 bits per heavy atom. The number of morpholine rings is 1. The summed E-state index contributed by atoms with van der Waals surface area (Å²) in [5.74, 6) is -0.824.